The number of carbonyl (C=O) groups excluding carboxylic acids is 1. The molecule has 2 N–H and O–H groups in total. The molecule has 0 amide bonds. The van der Waals surface area contributed by atoms with Gasteiger partial charge in [-0.05, 0) is 25.3 Å². The molecule has 5 nitrogen and oxygen atoms in total. The van der Waals surface area contributed by atoms with Crippen molar-refractivity contribution in [3.05, 3.63) is 12.2 Å². The Hall–Kier alpha value is -1.23. The summed E-state index contributed by atoms with van der Waals surface area (Å²) in [7, 11) is 1.79. The van der Waals surface area contributed by atoms with Crippen molar-refractivity contribution in [3.63, 3.8) is 0 Å². The third-order valence-electron chi connectivity index (χ3n) is 3.23. The molecule has 0 aromatic carbocycles. The van der Waals surface area contributed by atoms with E-state index in [2.05, 4.69) is 10.2 Å². The maximum Gasteiger partial charge on any atom is 0.203 e. The Labute approximate surface area is 88.7 Å². The average Bonchev–Trinajstić information content (AvgIpc) is 2.84. The number of carbonyl (C=O) groups is 1. The van der Waals surface area contributed by atoms with Gasteiger partial charge in [-0.2, -0.15) is 0 Å². The van der Waals surface area contributed by atoms with Crippen molar-refractivity contribution in [3.8, 4) is 0 Å². The summed E-state index contributed by atoms with van der Waals surface area (Å²) in [5.41, 5.74) is 5.66. The normalized spacial score (nSPS) is 25.7. The second kappa shape index (κ2) is 4.10. The lowest BCUT2D eigenvalue weighted by atomic mass is 9.91. The highest BCUT2D eigenvalue weighted by Gasteiger charge is 2.34. The highest BCUT2D eigenvalue weighted by Crippen LogP contribution is 2.32. The van der Waals surface area contributed by atoms with Gasteiger partial charge in [0.1, 0.15) is 6.33 Å². The molecular weight excluding hydrogens is 192 g/mol. The smallest absolute Gasteiger partial charge is 0.203 e. The number of hydrogen-bond acceptors (Lipinski definition) is 4. The van der Waals surface area contributed by atoms with E-state index < -0.39 is 0 Å². The Bertz CT molecular complexity index is 360. The molecule has 2 atom stereocenters. The number of hydrogen-bond donors (Lipinski definition) is 1. The van der Waals surface area contributed by atoms with Crippen LogP contribution in [-0.2, 0) is 7.05 Å². The maximum absolute atomic E-state index is 12.1. The van der Waals surface area contributed by atoms with E-state index in [0.29, 0.717) is 18.3 Å². The molecule has 0 spiro atoms. The monoisotopic (exact) mass is 208 g/mol. The molecule has 1 heterocycles. The number of aromatic nitrogens is 3. The van der Waals surface area contributed by atoms with E-state index in [1.165, 1.54) is 0 Å². The van der Waals surface area contributed by atoms with E-state index in [1.54, 1.807) is 17.9 Å². The van der Waals surface area contributed by atoms with Crippen LogP contribution in [0, 0.1) is 11.8 Å². The zero-order chi connectivity index (χ0) is 10.8. The lowest BCUT2D eigenvalue weighted by molar-refractivity contribution is 0.0879. The third-order valence-corrected chi connectivity index (χ3v) is 3.23. The minimum atomic E-state index is 0.0536. The molecule has 1 fully saturated rings. The number of nitrogens with two attached hydrogens (primary N) is 1. The molecule has 1 aliphatic carbocycles. The fraction of sp³-hybridized carbons (Fsp3) is 0.700. The Balaban J connectivity index is 2.18. The first-order valence-corrected chi connectivity index (χ1v) is 5.32. The fourth-order valence-electron chi connectivity index (χ4n) is 2.34. The summed E-state index contributed by atoms with van der Waals surface area (Å²) in [5, 5.41) is 7.58. The summed E-state index contributed by atoms with van der Waals surface area (Å²) in [6.45, 7) is 0.592. The molecule has 5 heteroatoms. The third kappa shape index (κ3) is 1.79. The molecule has 0 aliphatic heterocycles. The molecule has 2 unspecified atom stereocenters. The molecule has 82 valence electrons. The molecule has 1 aromatic rings. The van der Waals surface area contributed by atoms with Gasteiger partial charge in [-0.1, -0.05) is 6.42 Å². The maximum atomic E-state index is 12.1. The van der Waals surface area contributed by atoms with Crippen molar-refractivity contribution >= 4 is 5.78 Å². The Morgan fingerprint density at radius 1 is 1.67 bits per heavy atom. The van der Waals surface area contributed by atoms with E-state index in [0.717, 1.165) is 19.3 Å². The van der Waals surface area contributed by atoms with Gasteiger partial charge in [0.05, 0.1) is 0 Å². The highest BCUT2D eigenvalue weighted by atomic mass is 16.1. The summed E-state index contributed by atoms with van der Waals surface area (Å²) in [6, 6.07) is 0. The van der Waals surface area contributed by atoms with Crippen LogP contribution < -0.4 is 5.73 Å². The van der Waals surface area contributed by atoms with E-state index in [4.69, 9.17) is 5.73 Å². The van der Waals surface area contributed by atoms with Crippen LogP contribution in [0.3, 0.4) is 0 Å². The van der Waals surface area contributed by atoms with Gasteiger partial charge in [0.25, 0.3) is 0 Å². The van der Waals surface area contributed by atoms with E-state index in [-0.39, 0.29) is 11.7 Å². The standard InChI is InChI=1S/C10H16N4O/c1-14-6-12-13-10(14)9(15)8-4-2-3-7(8)5-11/h6-8H,2-5,11H2,1H3. The van der Waals surface area contributed by atoms with Gasteiger partial charge >= 0.3 is 0 Å². The molecule has 0 saturated heterocycles. The molecule has 0 radical (unpaired) electrons. The summed E-state index contributed by atoms with van der Waals surface area (Å²) < 4.78 is 1.67. The molecule has 2 rings (SSSR count). The van der Waals surface area contributed by atoms with Crippen LogP contribution in [0.25, 0.3) is 0 Å². The van der Waals surface area contributed by atoms with Crippen molar-refractivity contribution in [2.75, 3.05) is 6.54 Å². The van der Waals surface area contributed by atoms with E-state index in [1.807, 2.05) is 0 Å². The molecule has 1 aliphatic rings. The lowest BCUT2D eigenvalue weighted by Gasteiger charge is -2.15. The topological polar surface area (TPSA) is 73.8 Å². The minimum absolute atomic E-state index is 0.0536. The largest absolute Gasteiger partial charge is 0.330 e. The lowest BCUT2D eigenvalue weighted by Crippen LogP contribution is -2.27. The van der Waals surface area contributed by atoms with Gasteiger partial charge in [-0.15, -0.1) is 10.2 Å². The minimum Gasteiger partial charge on any atom is -0.330 e. The van der Waals surface area contributed by atoms with Gasteiger partial charge < -0.3 is 10.3 Å². The summed E-state index contributed by atoms with van der Waals surface area (Å²) in [5.74, 6) is 0.940. The average molecular weight is 208 g/mol. The number of rotatable bonds is 3. The summed E-state index contributed by atoms with van der Waals surface area (Å²) in [4.78, 5) is 12.1. The van der Waals surface area contributed by atoms with Crippen LogP contribution >= 0.6 is 0 Å². The van der Waals surface area contributed by atoms with Crippen molar-refractivity contribution < 1.29 is 4.79 Å². The Morgan fingerprint density at radius 2 is 2.47 bits per heavy atom. The SMILES string of the molecule is Cn1cnnc1C(=O)C1CCCC1CN. The zero-order valence-electron chi connectivity index (χ0n) is 8.89. The number of Topliss-reactive ketones (excluding diaryl/α,β-unsaturated/α-hetero) is 1. The number of aryl methyl sites for hydroxylation is 1. The van der Waals surface area contributed by atoms with Crippen molar-refractivity contribution in [1.29, 1.82) is 0 Å². The van der Waals surface area contributed by atoms with Crippen molar-refractivity contribution in [2.45, 2.75) is 19.3 Å². The van der Waals surface area contributed by atoms with Gasteiger partial charge in [0.2, 0.25) is 5.78 Å². The second-order valence-corrected chi connectivity index (χ2v) is 4.16. The first kappa shape index (κ1) is 10.3. The van der Waals surface area contributed by atoms with Crippen molar-refractivity contribution in [2.24, 2.45) is 24.6 Å². The highest BCUT2D eigenvalue weighted by molar-refractivity contribution is 5.94. The van der Waals surface area contributed by atoms with Crippen LogP contribution in [-0.4, -0.2) is 27.1 Å². The molecular formula is C10H16N4O. The Morgan fingerprint density at radius 3 is 3.07 bits per heavy atom. The predicted octanol–water partition coefficient (Wildman–Crippen LogP) is 0.373. The number of nitrogens with zero attached hydrogens (tertiary/aromatic N) is 3. The van der Waals surface area contributed by atoms with Crippen LogP contribution in [0.4, 0.5) is 0 Å². The fourth-order valence-corrected chi connectivity index (χ4v) is 2.34. The molecule has 0 bridgehead atoms. The second-order valence-electron chi connectivity index (χ2n) is 4.16. The molecule has 15 heavy (non-hydrogen) atoms. The van der Waals surface area contributed by atoms with Gasteiger partial charge in [0.15, 0.2) is 5.82 Å². The first-order valence-electron chi connectivity index (χ1n) is 5.32. The van der Waals surface area contributed by atoms with Crippen LogP contribution in [0.5, 0.6) is 0 Å². The van der Waals surface area contributed by atoms with Crippen LogP contribution in [0.2, 0.25) is 0 Å². The van der Waals surface area contributed by atoms with Crippen LogP contribution in [0.15, 0.2) is 6.33 Å². The molecule has 1 saturated carbocycles. The van der Waals surface area contributed by atoms with Crippen molar-refractivity contribution in [1.82, 2.24) is 14.8 Å². The molecule has 1 aromatic heterocycles. The van der Waals surface area contributed by atoms with Crippen LogP contribution in [0.1, 0.15) is 29.9 Å². The zero-order valence-corrected chi connectivity index (χ0v) is 8.89. The van der Waals surface area contributed by atoms with E-state index >= 15 is 0 Å². The van der Waals surface area contributed by atoms with Gasteiger partial charge in [0, 0.05) is 13.0 Å². The Kier molecular flexibility index (Phi) is 2.81. The van der Waals surface area contributed by atoms with Gasteiger partial charge in [-0.3, -0.25) is 4.79 Å². The predicted molar refractivity (Wildman–Crippen MR) is 55.2 cm³/mol. The van der Waals surface area contributed by atoms with Gasteiger partial charge in [-0.25, -0.2) is 0 Å². The number of ketones is 1. The summed E-state index contributed by atoms with van der Waals surface area (Å²) >= 11 is 0. The first-order chi connectivity index (χ1) is 7.24. The summed E-state index contributed by atoms with van der Waals surface area (Å²) in [6.07, 6.45) is 4.65. The quantitative estimate of drug-likeness (QED) is 0.728. The van der Waals surface area contributed by atoms with E-state index in [9.17, 15) is 4.79 Å².